The van der Waals surface area contributed by atoms with Gasteiger partial charge in [-0.1, -0.05) is 16.7 Å². The van der Waals surface area contributed by atoms with Gasteiger partial charge in [0.15, 0.2) is 0 Å². The van der Waals surface area contributed by atoms with E-state index < -0.39 is 5.97 Å². The lowest BCUT2D eigenvalue weighted by atomic mass is 10.2. The number of nitrogens with one attached hydrogen (secondary N) is 1. The van der Waals surface area contributed by atoms with Gasteiger partial charge in [0.05, 0.1) is 0 Å². The van der Waals surface area contributed by atoms with Gasteiger partial charge >= 0.3 is 5.97 Å². The average Bonchev–Trinajstić information content (AvgIpc) is 2.33. The lowest BCUT2D eigenvalue weighted by molar-refractivity contribution is 0.0697. The number of unbranched alkanes of at least 4 members (excludes halogenated alkanes) is 1. The minimum atomic E-state index is -1.06. The van der Waals surface area contributed by atoms with Crippen molar-refractivity contribution >= 4 is 23.4 Å². The molecule has 1 aromatic heterocycles. The predicted octanol–water partition coefficient (Wildman–Crippen LogP) is 2.94. The van der Waals surface area contributed by atoms with Crippen LogP contribution in [-0.2, 0) is 0 Å². The van der Waals surface area contributed by atoms with Crippen LogP contribution in [0.4, 0.5) is 5.82 Å². The number of hydrogen-bond donors (Lipinski definition) is 2. The van der Waals surface area contributed by atoms with Crippen LogP contribution in [0.2, 0.25) is 5.15 Å². The van der Waals surface area contributed by atoms with E-state index in [-0.39, 0.29) is 16.5 Å². The summed E-state index contributed by atoms with van der Waals surface area (Å²) >= 11 is 5.70. The molecule has 0 amide bonds. The molecule has 0 saturated carbocycles. The number of pyridine rings is 1. The van der Waals surface area contributed by atoms with Gasteiger partial charge in [-0.05, 0) is 30.5 Å². The third-order valence-corrected chi connectivity index (χ3v) is 2.34. The zero-order chi connectivity index (χ0) is 13.4. The SMILES string of the molecule is [N-]=[N+]=NCCCCNc1nc(Cl)ccc1C(=O)O. The monoisotopic (exact) mass is 269 g/mol. The van der Waals surface area contributed by atoms with Gasteiger partial charge in [-0.3, -0.25) is 0 Å². The molecule has 0 spiro atoms. The molecule has 0 atom stereocenters. The number of carboxylic acid groups (broad SMARTS) is 1. The van der Waals surface area contributed by atoms with E-state index in [9.17, 15) is 4.79 Å². The topological polar surface area (TPSA) is 111 Å². The zero-order valence-corrected chi connectivity index (χ0v) is 10.3. The van der Waals surface area contributed by atoms with Crippen LogP contribution in [0.1, 0.15) is 23.2 Å². The number of carbonyl (C=O) groups is 1. The van der Waals surface area contributed by atoms with E-state index in [4.69, 9.17) is 22.2 Å². The van der Waals surface area contributed by atoms with Crippen LogP contribution in [0.15, 0.2) is 17.2 Å². The molecule has 1 heterocycles. The smallest absolute Gasteiger partial charge is 0.339 e. The van der Waals surface area contributed by atoms with Gasteiger partial charge in [0.2, 0.25) is 0 Å². The van der Waals surface area contributed by atoms with Crippen molar-refractivity contribution in [2.24, 2.45) is 5.11 Å². The van der Waals surface area contributed by atoms with Crippen LogP contribution in [-0.4, -0.2) is 29.1 Å². The van der Waals surface area contributed by atoms with E-state index in [1.54, 1.807) is 0 Å². The molecule has 2 N–H and O–H groups in total. The third kappa shape index (κ3) is 4.48. The quantitative estimate of drug-likeness (QED) is 0.260. The van der Waals surface area contributed by atoms with Crippen LogP contribution in [0.5, 0.6) is 0 Å². The lowest BCUT2D eigenvalue weighted by Gasteiger charge is -2.08. The number of hydrogen-bond acceptors (Lipinski definition) is 4. The molecule has 0 radical (unpaired) electrons. The zero-order valence-electron chi connectivity index (χ0n) is 9.51. The fraction of sp³-hybridized carbons (Fsp3) is 0.400. The Kier molecular flexibility index (Phi) is 5.76. The molecule has 0 aliphatic heterocycles. The van der Waals surface area contributed by atoms with Crippen molar-refractivity contribution in [3.8, 4) is 0 Å². The van der Waals surface area contributed by atoms with Crippen molar-refractivity contribution in [1.82, 2.24) is 4.98 Å². The second-order valence-corrected chi connectivity index (χ2v) is 3.81. The molecule has 0 aromatic carbocycles. The second-order valence-electron chi connectivity index (χ2n) is 3.42. The first-order valence-corrected chi connectivity index (χ1v) is 5.67. The number of anilines is 1. The number of halogens is 1. The molecule has 18 heavy (non-hydrogen) atoms. The maximum absolute atomic E-state index is 10.9. The standard InChI is InChI=1S/C10H12ClN5O2/c11-8-4-3-7(10(17)18)9(15-8)13-5-1-2-6-14-16-12/h3-4H,1-2,5-6H2,(H,13,15)(H,17,18). The summed E-state index contributed by atoms with van der Waals surface area (Å²) in [6.45, 7) is 0.960. The summed E-state index contributed by atoms with van der Waals surface area (Å²) in [5, 5.41) is 15.5. The number of nitrogens with zero attached hydrogens (tertiary/aromatic N) is 4. The molecule has 0 unspecified atom stereocenters. The fourth-order valence-electron chi connectivity index (χ4n) is 1.30. The largest absolute Gasteiger partial charge is 0.478 e. The molecule has 96 valence electrons. The van der Waals surface area contributed by atoms with Crippen LogP contribution in [0.3, 0.4) is 0 Å². The predicted molar refractivity (Wildman–Crippen MR) is 67.9 cm³/mol. The van der Waals surface area contributed by atoms with E-state index in [1.807, 2.05) is 0 Å². The molecule has 0 aliphatic carbocycles. The van der Waals surface area contributed by atoms with Gasteiger partial charge in [-0.15, -0.1) is 0 Å². The summed E-state index contributed by atoms with van der Waals surface area (Å²) in [5.41, 5.74) is 8.16. The third-order valence-electron chi connectivity index (χ3n) is 2.13. The van der Waals surface area contributed by atoms with Crippen LogP contribution < -0.4 is 5.32 Å². The van der Waals surface area contributed by atoms with Crippen LogP contribution >= 0.6 is 11.6 Å². The van der Waals surface area contributed by atoms with Crippen molar-refractivity contribution in [3.63, 3.8) is 0 Å². The Morgan fingerprint density at radius 3 is 3.00 bits per heavy atom. The van der Waals surface area contributed by atoms with Gasteiger partial charge in [0.1, 0.15) is 16.5 Å². The van der Waals surface area contributed by atoms with Crippen molar-refractivity contribution in [2.75, 3.05) is 18.4 Å². The molecule has 0 fully saturated rings. The molecule has 1 aromatic rings. The van der Waals surface area contributed by atoms with Crippen molar-refractivity contribution in [3.05, 3.63) is 33.3 Å². The Hall–Kier alpha value is -1.98. The van der Waals surface area contributed by atoms with E-state index in [0.29, 0.717) is 13.1 Å². The lowest BCUT2D eigenvalue weighted by Crippen LogP contribution is -2.09. The number of aromatic nitrogens is 1. The minimum absolute atomic E-state index is 0.0782. The van der Waals surface area contributed by atoms with Gasteiger partial charge in [-0.2, -0.15) is 0 Å². The van der Waals surface area contributed by atoms with Crippen LogP contribution in [0.25, 0.3) is 10.4 Å². The Balaban J connectivity index is 2.52. The first kappa shape index (κ1) is 14.1. The van der Waals surface area contributed by atoms with Gasteiger partial charge in [0.25, 0.3) is 0 Å². The Labute approximate surface area is 108 Å². The van der Waals surface area contributed by atoms with Gasteiger partial charge in [-0.25, -0.2) is 9.78 Å². The molecule has 0 aliphatic rings. The normalized spacial score (nSPS) is 9.61. The van der Waals surface area contributed by atoms with E-state index in [2.05, 4.69) is 20.3 Å². The number of aromatic carboxylic acids is 1. The van der Waals surface area contributed by atoms with E-state index in [1.165, 1.54) is 12.1 Å². The van der Waals surface area contributed by atoms with Gasteiger partial charge < -0.3 is 10.4 Å². The summed E-state index contributed by atoms with van der Waals surface area (Å²) in [6.07, 6.45) is 1.46. The van der Waals surface area contributed by atoms with Crippen molar-refractivity contribution in [2.45, 2.75) is 12.8 Å². The molecular weight excluding hydrogens is 258 g/mol. The van der Waals surface area contributed by atoms with E-state index >= 15 is 0 Å². The molecule has 0 bridgehead atoms. The summed E-state index contributed by atoms with van der Waals surface area (Å²) in [5.74, 6) is -0.811. The first-order chi connectivity index (χ1) is 8.65. The highest BCUT2D eigenvalue weighted by Gasteiger charge is 2.11. The fourth-order valence-corrected chi connectivity index (χ4v) is 1.45. The first-order valence-electron chi connectivity index (χ1n) is 5.29. The highest BCUT2D eigenvalue weighted by molar-refractivity contribution is 6.29. The van der Waals surface area contributed by atoms with Crippen molar-refractivity contribution in [1.29, 1.82) is 0 Å². The molecule has 8 heteroatoms. The summed E-state index contributed by atoms with van der Waals surface area (Å²) in [4.78, 5) is 17.5. The summed E-state index contributed by atoms with van der Waals surface area (Å²) < 4.78 is 0. The molecule has 0 saturated heterocycles. The molecule has 1 rings (SSSR count). The van der Waals surface area contributed by atoms with Crippen LogP contribution in [0, 0.1) is 0 Å². The van der Waals surface area contributed by atoms with Gasteiger partial charge in [0, 0.05) is 18.0 Å². The summed E-state index contributed by atoms with van der Waals surface area (Å²) in [6, 6.07) is 2.83. The maximum Gasteiger partial charge on any atom is 0.339 e. The Morgan fingerprint density at radius 2 is 2.33 bits per heavy atom. The highest BCUT2D eigenvalue weighted by atomic mass is 35.5. The Bertz CT molecular complexity index is 473. The molecule has 7 nitrogen and oxygen atoms in total. The number of rotatable bonds is 7. The Morgan fingerprint density at radius 1 is 1.56 bits per heavy atom. The minimum Gasteiger partial charge on any atom is -0.478 e. The highest BCUT2D eigenvalue weighted by Crippen LogP contribution is 2.16. The average molecular weight is 270 g/mol. The second kappa shape index (κ2) is 7.37. The summed E-state index contributed by atoms with van der Waals surface area (Å²) in [7, 11) is 0. The molecular formula is C10H12ClN5O2. The van der Waals surface area contributed by atoms with Crippen molar-refractivity contribution < 1.29 is 9.90 Å². The number of carboxylic acids is 1. The number of azide groups is 1. The van der Waals surface area contributed by atoms with E-state index in [0.717, 1.165) is 12.8 Å². The maximum atomic E-state index is 10.9.